The Balaban J connectivity index is 0.943. The summed E-state index contributed by atoms with van der Waals surface area (Å²) in [5.41, 5.74) is 13.3. The molecule has 6 heterocycles. The van der Waals surface area contributed by atoms with Crippen LogP contribution in [0.2, 0.25) is 0 Å². The van der Waals surface area contributed by atoms with E-state index in [-0.39, 0.29) is 39.9 Å². The van der Waals surface area contributed by atoms with Crippen molar-refractivity contribution in [3.8, 4) is 0 Å². The largest absolute Gasteiger partial charge is 0.516 e. The quantitative estimate of drug-likeness (QED) is 0.0923. The molecule has 0 radical (unpaired) electrons. The molecule has 13 atom stereocenters. The topological polar surface area (TPSA) is 131 Å². The van der Waals surface area contributed by atoms with Gasteiger partial charge < -0.3 is 35.8 Å². The van der Waals surface area contributed by atoms with Gasteiger partial charge in [0.2, 0.25) is 0 Å². The van der Waals surface area contributed by atoms with Crippen molar-refractivity contribution in [3.05, 3.63) is 170 Å². The number of aliphatic hydroxyl groups is 3. The number of fused-ring (bicyclic) bond motifs is 1. The van der Waals surface area contributed by atoms with Crippen molar-refractivity contribution in [2.75, 3.05) is 26.8 Å². The van der Waals surface area contributed by atoms with Crippen LogP contribution in [0.3, 0.4) is 0 Å². The molecule has 3 aromatic carbocycles. The number of carboxylic acids is 1. The molecule has 91 heavy (non-hydrogen) atoms. The van der Waals surface area contributed by atoms with Crippen molar-refractivity contribution in [1.29, 1.82) is 0 Å². The molecule has 5 saturated carbocycles. The smallest absolute Gasteiger partial charge is 0.306 e. The summed E-state index contributed by atoms with van der Waals surface area (Å²) in [6.07, 6.45) is 37.1. The summed E-state index contributed by atoms with van der Waals surface area (Å²) in [7, 11) is 1.78. The molecule has 3 spiro atoms. The Hall–Kier alpha value is -5.41. The molecule has 0 saturated heterocycles. The van der Waals surface area contributed by atoms with Crippen molar-refractivity contribution in [2.45, 2.75) is 200 Å². The van der Waals surface area contributed by atoms with Gasteiger partial charge >= 0.3 is 5.97 Å². The maximum absolute atomic E-state index is 14.9. The summed E-state index contributed by atoms with van der Waals surface area (Å²) >= 11 is 0. The van der Waals surface area contributed by atoms with Gasteiger partial charge in [-0.15, -0.1) is 0 Å². The van der Waals surface area contributed by atoms with Gasteiger partial charge in [0.05, 0.1) is 36.8 Å². The van der Waals surface area contributed by atoms with Crippen LogP contribution in [0.1, 0.15) is 191 Å². The van der Waals surface area contributed by atoms with Crippen molar-refractivity contribution < 1.29 is 30.0 Å². The number of rotatable bonds is 9. The van der Waals surface area contributed by atoms with E-state index < -0.39 is 46.3 Å². The number of nitrogens with one attached hydrogen (secondary N) is 2. The number of ether oxygens (including phenoxy) is 1. The Morgan fingerprint density at radius 1 is 0.835 bits per heavy atom. The third-order valence-corrected chi connectivity index (χ3v) is 28.4. The highest BCUT2D eigenvalue weighted by molar-refractivity contribution is 5.78. The predicted octanol–water partition coefficient (Wildman–Crippen LogP) is 15.4. The van der Waals surface area contributed by atoms with Crippen LogP contribution in [-0.4, -0.2) is 65.4 Å². The maximum atomic E-state index is 14.9. The van der Waals surface area contributed by atoms with Gasteiger partial charge in [-0.1, -0.05) is 161 Å². The molecular weight excluding hydrogens is 1120 g/mol. The number of carbonyl (C=O) groups is 1. The Morgan fingerprint density at radius 3 is 2.38 bits per heavy atom. The molecule has 16 aliphatic rings. The van der Waals surface area contributed by atoms with Crippen LogP contribution < -0.4 is 21.1 Å². The zero-order valence-corrected chi connectivity index (χ0v) is 55.6. The SMILES string of the molecule is COCCc1ccc(CC2CCC3(CC2)CC[C@H]2CC4=C5C[C@]67C=C8C(=c9ccccc9=C[C@@H]8[C@@]48CC[C@H](O)[C@@](C)(CC=C6CC(C)C)[C@@H]87)Cc4cccc(c4)C4=CC=C(NCCC[C@@H](C6CCCCC6)/C(=C/O)CC[C@@H](C(=O)O)[C@H]6[C@H](O)C[C@]53[C@]26C)NC4)cc1. The minimum absolute atomic E-state index is 0.0813. The molecule has 484 valence electrons. The maximum Gasteiger partial charge on any atom is 0.306 e. The first-order chi connectivity index (χ1) is 44.1. The summed E-state index contributed by atoms with van der Waals surface area (Å²) in [5, 5.41) is 60.9. The summed E-state index contributed by atoms with van der Waals surface area (Å²) in [6.45, 7) is 12.2. The van der Waals surface area contributed by atoms with Crippen LogP contribution in [0.25, 0.3) is 17.2 Å². The van der Waals surface area contributed by atoms with Crippen LogP contribution in [-0.2, 0) is 28.8 Å². The van der Waals surface area contributed by atoms with Crippen LogP contribution in [0.5, 0.6) is 0 Å². The summed E-state index contributed by atoms with van der Waals surface area (Å²) in [5.74, 6) is 1.07. The lowest BCUT2D eigenvalue weighted by Crippen LogP contribution is -2.71. The minimum atomic E-state index is -0.791. The number of allylic oxidation sites excluding steroid dienone is 9. The van der Waals surface area contributed by atoms with Crippen molar-refractivity contribution in [2.24, 2.45) is 85.8 Å². The average Bonchev–Trinajstić information content (AvgIpc) is 1.30. The van der Waals surface area contributed by atoms with Gasteiger partial charge in [0.1, 0.15) is 0 Å². The van der Waals surface area contributed by atoms with Crippen LogP contribution in [0.15, 0.2) is 137 Å². The van der Waals surface area contributed by atoms with Crippen LogP contribution in [0, 0.1) is 85.8 Å². The van der Waals surface area contributed by atoms with E-state index >= 15 is 0 Å². The highest BCUT2D eigenvalue weighted by atomic mass is 16.5. The van der Waals surface area contributed by atoms with Crippen molar-refractivity contribution in [1.82, 2.24) is 10.6 Å². The lowest BCUT2D eigenvalue weighted by Gasteiger charge is -2.77. The summed E-state index contributed by atoms with van der Waals surface area (Å²) in [6, 6.07) is 28.0. The highest BCUT2D eigenvalue weighted by Gasteiger charge is 2.81. The monoisotopic (exact) mass is 1230 g/mol. The van der Waals surface area contributed by atoms with Gasteiger partial charge in [0.15, 0.2) is 0 Å². The minimum Gasteiger partial charge on any atom is -0.516 e. The third-order valence-electron chi connectivity index (χ3n) is 28.4. The molecule has 19 rings (SSSR count). The fourth-order valence-corrected chi connectivity index (χ4v) is 24.7. The number of carboxylic acid groups (broad SMARTS) is 1. The van der Waals surface area contributed by atoms with Gasteiger partial charge in [-0.05, 0) is 249 Å². The Morgan fingerprint density at radius 2 is 1.63 bits per heavy atom. The van der Waals surface area contributed by atoms with Gasteiger partial charge in [0.25, 0.3) is 0 Å². The first-order valence-electron chi connectivity index (χ1n) is 36.5. The summed E-state index contributed by atoms with van der Waals surface area (Å²) in [4.78, 5) is 14.9. The Labute approximate surface area is 543 Å². The molecule has 8 heteroatoms. The molecular formula is C83H106N2O6. The first-order valence-corrected chi connectivity index (χ1v) is 36.5. The van der Waals surface area contributed by atoms with Gasteiger partial charge in [-0.3, -0.25) is 4.79 Å². The normalized spacial score (nSPS) is 38.9. The van der Waals surface area contributed by atoms with E-state index in [0.29, 0.717) is 37.0 Å². The molecule has 5 fully saturated rings. The highest BCUT2D eigenvalue weighted by Crippen LogP contribution is 2.87. The molecule has 0 amide bonds. The Kier molecular flexibility index (Phi) is 16.1. The average molecular weight is 1230 g/mol. The fraction of sp³-hybridized carbons (Fsp3) is 0.602. The third kappa shape index (κ3) is 9.64. The predicted molar refractivity (Wildman–Crippen MR) is 365 cm³/mol. The standard InChI is InChI=1S/C83H106N2O6/c1-52(2)41-63-30-34-78(3)73(88)32-38-82-69-45-59-16-9-10-18-65(59)67-44-56-13-11-17-58(43-56)60-25-27-74(85-50-60)84-39-12-19-64(57-14-7-6-8-15-57)61(51-86)24-26-66(76(89)90)75-72(87)49-83-71(48-81(63,77(78)82)47-68(67)69)70(82)46-62(79(75,83)4)31-37-80(83)35-28-55(29-36-80)42-54-22-20-53(21-23-54)33-40-91-5/h9-11,13,16-18,20-23,25,27,30,43,45,47,51-52,55,57,62,64,66,69,72-73,75,77,84-88H,6-8,12,14-15,19,24,26,28-29,31-42,44,46,48-50H2,1-5H3,(H,89,90)/b61-51+/t55?,62-,64-,66+,69-,72+,73-,75-,77+,78+,79+,80?,81+,82-,83+/m0/s1. The number of methoxy groups -OCH3 is 1. The van der Waals surface area contributed by atoms with E-state index in [2.05, 4.69) is 142 Å². The molecule has 10 aliphatic carbocycles. The first kappa shape index (κ1) is 61.7. The van der Waals surface area contributed by atoms with E-state index in [9.17, 15) is 25.2 Å². The van der Waals surface area contributed by atoms with E-state index in [1.807, 2.05) is 0 Å². The van der Waals surface area contributed by atoms with E-state index in [0.717, 1.165) is 153 Å². The van der Waals surface area contributed by atoms with Gasteiger partial charge in [-0.2, -0.15) is 0 Å². The van der Waals surface area contributed by atoms with Gasteiger partial charge in [-0.25, -0.2) is 0 Å². The number of aliphatic carboxylic acids is 1. The van der Waals surface area contributed by atoms with Crippen molar-refractivity contribution in [3.63, 3.8) is 0 Å². The molecule has 8 nitrogen and oxygen atoms in total. The number of dihydropyridines is 1. The lowest BCUT2D eigenvalue weighted by atomic mass is 9.26. The van der Waals surface area contributed by atoms with E-state index in [4.69, 9.17) is 4.74 Å². The molecule has 6 aliphatic heterocycles. The fourth-order valence-electron chi connectivity index (χ4n) is 24.7. The van der Waals surface area contributed by atoms with E-state index in [1.54, 1.807) is 23.8 Å². The molecule has 0 aromatic heterocycles. The zero-order chi connectivity index (χ0) is 62.7. The number of benzene rings is 3. The second kappa shape index (κ2) is 23.8. The van der Waals surface area contributed by atoms with Gasteiger partial charge in [0, 0.05) is 53.7 Å². The van der Waals surface area contributed by atoms with E-state index in [1.165, 1.54) is 74.9 Å². The summed E-state index contributed by atoms with van der Waals surface area (Å²) < 4.78 is 5.45. The zero-order valence-electron chi connectivity index (χ0n) is 55.6. The lowest BCUT2D eigenvalue weighted by molar-refractivity contribution is -0.200. The number of hydrogen-bond acceptors (Lipinski definition) is 7. The molecule has 6 N–H and O–H groups in total. The second-order valence-electron chi connectivity index (χ2n) is 32.7. The Bertz CT molecular complexity index is 3640. The second-order valence-corrected chi connectivity index (χ2v) is 32.7. The number of aliphatic hydroxyl groups excluding tert-OH is 3. The molecule has 15 bridgehead atoms. The van der Waals surface area contributed by atoms with Crippen molar-refractivity contribution >= 4 is 23.2 Å². The molecule has 3 aromatic rings. The van der Waals surface area contributed by atoms with Crippen LogP contribution >= 0.6 is 0 Å². The molecule has 0 unspecified atom stereocenters. The number of hydrogen-bond donors (Lipinski definition) is 6. The van der Waals surface area contributed by atoms with Crippen LogP contribution in [0.4, 0.5) is 0 Å².